The molecule has 1 N–H and O–H groups in total. The zero-order valence-corrected chi connectivity index (χ0v) is 16.7. The van der Waals surface area contributed by atoms with Crippen LogP contribution in [0.5, 0.6) is 5.75 Å². The van der Waals surface area contributed by atoms with Crippen molar-refractivity contribution in [3.8, 4) is 5.75 Å². The zero-order valence-electron chi connectivity index (χ0n) is 16.7. The number of rotatable bonds is 5. The predicted octanol–water partition coefficient (Wildman–Crippen LogP) is 2.64. The van der Waals surface area contributed by atoms with Gasteiger partial charge in [0.25, 0.3) is 11.8 Å². The molecule has 0 bridgehead atoms. The van der Waals surface area contributed by atoms with Crippen molar-refractivity contribution in [2.24, 2.45) is 0 Å². The van der Waals surface area contributed by atoms with Gasteiger partial charge in [-0.25, -0.2) is 0 Å². The van der Waals surface area contributed by atoms with E-state index in [-0.39, 0.29) is 17.7 Å². The van der Waals surface area contributed by atoms with E-state index in [2.05, 4.69) is 5.32 Å². The maximum absolute atomic E-state index is 12.6. The Hall–Kier alpha value is -3.35. The van der Waals surface area contributed by atoms with Crippen molar-refractivity contribution >= 4 is 23.4 Å². The Morgan fingerprint density at radius 1 is 0.862 bits per heavy atom. The summed E-state index contributed by atoms with van der Waals surface area (Å²) in [5.41, 5.74) is 1.66. The number of anilines is 1. The molecule has 29 heavy (non-hydrogen) atoms. The number of hydrogen-bond donors (Lipinski definition) is 1. The molecule has 1 saturated heterocycles. The molecule has 0 atom stereocenters. The lowest BCUT2D eigenvalue weighted by Gasteiger charge is -2.34. The molecule has 0 aliphatic carbocycles. The Labute approximate surface area is 170 Å². The van der Waals surface area contributed by atoms with Crippen LogP contribution in [0.15, 0.2) is 48.5 Å². The summed E-state index contributed by atoms with van der Waals surface area (Å²) < 4.78 is 5.39. The topological polar surface area (TPSA) is 79.0 Å². The monoisotopic (exact) mass is 395 g/mol. The summed E-state index contributed by atoms with van der Waals surface area (Å²) in [7, 11) is 0. The van der Waals surface area contributed by atoms with Crippen LogP contribution in [0.3, 0.4) is 0 Å². The minimum Gasteiger partial charge on any atom is -0.494 e. The molecule has 1 heterocycles. The second-order valence-corrected chi connectivity index (χ2v) is 6.79. The first-order valence-electron chi connectivity index (χ1n) is 9.67. The molecule has 0 saturated carbocycles. The first-order valence-corrected chi connectivity index (χ1v) is 9.67. The maximum atomic E-state index is 12.6. The SMILES string of the molecule is CCOc1ccc(NC(=O)c2ccc(C(=O)N3CCN(C(C)=O)CC3)cc2)cc1. The molecule has 1 aliphatic heterocycles. The van der Waals surface area contributed by atoms with Crippen molar-refractivity contribution < 1.29 is 19.1 Å². The highest BCUT2D eigenvalue weighted by atomic mass is 16.5. The van der Waals surface area contributed by atoms with E-state index in [0.717, 1.165) is 5.75 Å². The highest BCUT2D eigenvalue weighted by Gasteiger charge is 2.23. The largest absolute Gasteiger partial charge is 0.494 e. The molecular weight excluding hydrogens is 370 g/mol. The number of nitrogens with one attached hydrogen (secondary N) is 1. The summed E-state index contributed by atoms with van der Waals surface area (Å²) in [6, 6.07) is 13.8. The highest BCUT2D eigenvalue weighted by Crippen LogP contribution is 2.17. The molecule has 3 rings (SSSR count). The molecule has 0 unspecified atom stereocenters. The van der Waals surface area contributed by atoms with Crippen molar-refractivity contribution in [3.63, 3.8) is 0 Å². The summed E-state index contributed by atoms with van der Waals surface area (Å²) in [4.78, 5) is 39.9. The Kier molecular flexibility index (Phi) is 6.49. The average Bonchev–Trinajstić information content (AvgIpc) is 2.75. The number of ether oxygens (including phenoxy) is 1. The van der Waals surface area contributed by atoms with Crippen LogP contribution >= 0.6 is 0 Å². The molecule has 1 aliphatic rings. The van der Waals surface area contributed by atoms with Gasteiger partial charge in [-0.05, 0) is 55.5 Å². The molecule has 0 spiro atoms. The van der Waals surface area contributed by atoms with Gasteiger partial charge in [-0.2, -0.15) is 0 Å². The summed E-state index contributed by atoms with van der Waals surface area (Å²) >= 11 is 0. The fourth-order valence-electron chi connectivity index (χ4n) is 3.18. The molecule has 152 valence electrons. The van der Waals surface area contributed by atoms with Crippen LogP contribution in [-0.4, -0.2) is 60.3 Å². The van der Waals surface area contributed by atoms with Gasteiger partial charge >= 0.3 is 0 Å². The van der Waals surface area contributed by atoms with Crippen molar-refractivity contribution in [2.45, 2.75) is 13.8 Å². The van der Waals surface area contributed by atoms with Gasteiger partial charge in [-0.1, -0.05) is 0 Å². The summed E-state index contributed by atoms with van der Waals surface area (Å²) in [6.45, 7) is 6.15. The zero-order chi connectivity index (χ0) is 20.8. The summed E-state index contributed by atoms with van der Waals surface area (Å²) in [6.07, 6.45) is 0. The van der Waals surface area contributed by atoms with Gasteiger partial charge in [0.2, 0.25) is 5.91 Å². The quantitative estimate of drug-likeness (QED) is 0.844. The van der Waals surface area contributed by atoms with Gasteiger partial charge < -0.3 is 19.9 Å². The van der Waals surface area contributed by atoms with Crippen molar-refractivity contribution in [3.05, 3.63) is 59.7 Å². The van der Waals surface area contributed by atoms with Gasteiger partial charge in [0, 0.05) is 49.9 Å². The van der Waals surface area contributed by atoms with Crippen LogP contribution in [0.25, 0.3) is 0 Å². The highest BCUT2D eigenvalue weighted by molar-refractivity contribution is 6.05. The van der Waals surface area contributed by atoms with Gasteiger partial charge in [-0.3, -0.25) is 14.4 Å². The maximum Gasteiger partial charge on any atom is 0.255 e. The number of nitrogens with zero attached hydrogens (tertiary/aromatic N) is 2. The van der Waals surface area contributed by atoms with Crippen LogP contribution in [0.4, 0.5) is 5.69 Å². The number of hydrogen-bond acceptors (Lipinski definition) is 4. The van der Waals surface area contributed by atoms with Gasteiger partial charge in [0.05, 0.1) is 6.61 Å². The second-order valence-electron chi connectivity index (χ2n) is 6.79. The number of carbonyl (C=O) groups excluding carboxylic acids is 3. The minimum absolute atomic E-state index is 0.0278. The van der Waals surface area contributed by atoms with Gasteiger partial charge in [0.1, 0.15) is 5.75 Å². The number of benzene rings is 2. The second kappa shape index (κ2) is 9.23. The van der Waals surface area contributed by atoms with E-state index < -0.39 is 0 Å². The molecule has 7 nitrogen and oxygen atoms in total. The Bertz CT molecular complexity index is 870. The standard InChI is InChI=1S/C22H25N3O4/c1-3-29-20-10-8-19(9-11-20)23-21(27)17-4-6-18(7-5-17)22(28)25-14-12-24(13-15-25)16(2)26/h4-11H,3,12-15H2,1-2H3,(H,23,27). The van der Waals surface area contributed by atoms with Gasteiger partial charge in [-0.15, -0.1) is 0 Å². The lowest BCUT2D eigenvalue weighted by Crippen LogP contribution is -2.50. The first-order chi connectivity index (χ1) is 14.0. The lowest BCUT2D eigenvalue weighted by atomic mass is 10.1. The minimum atomic E-state index is -0.247. The van der Waals surface area contributed by atoms with Crippen molar-refractivity contribution in [2.75, 3.05) is 38.1 Å². The molecule has 2 aromatic carbocycles. The van der Waals surface area contributed by atoms with Crippen LogP contribution in [-0.2, 0) is 4.79 Å². The molecule has 7 heteroatoms. The van der Waals surface area contributed by atoms with E-state index in [0.29, 0.717) is 49.6 Å². The van der Waals surface area contributed by atoms with E-state index in [1.807, 2.05) is 6.92 Å². The Balaban J connectivity index is 1.58. The lowest BCUT2D eigenvalue weighted by molar-refractivity contribution is -0.130. The molecule has 0 aromatic heterocycles. The van der Waals surface area contributed by atoms with Crippen LogP contribution in [0.1, 0.15) is 34.6 Å². The smallest absolute Gasteiger partial charge is 0.255 e. The van der Waals surface area contributed by atoms with Crippen LogP contribution in [0, 0.1) is 0 Å². The van der Waals surface area contributed by atoms with Crippen LogP contribution in [0.2, 0.25) is 0 Å². The summed E-state index contributed by atoms with van der Waals surface area (Å²) in [5.74, 6) is 0.437. The fourth-order valence-corrected chi connectivity index (χ4v) is 3.18. The van der Waals surface area contributed by atoms with Crippen molar-refractivity contribution in [1.29, 1.82) is 0 Å². The molecule has 0 radical (unpaired) electrons. The Morgan fingerprint density at radius 2 is 1.41 bits per heavy atom. The number of amides is 3. The van der Waals surface area contributed by atoms with E-state index in [4.69, 9.17) is 4.74 Å². The number of carbonyl (C=O) groups is 3. The molecule has 2 aromatic rings. The normalized spacial score (nSPS) is 13.7. The van der Waals surface area contributed by atoms with E-state index >= 15 is 0 Å². The number of piperazine rings is 1. The third kappa shape index (κ3) is 5.13. The fraction of sp³-hybridized carbons (Fsp3) is 0.318. The van der Waals surface area contributed by atoms with Gasteiger partial charge in [0.15, 0.2) is 0 Å². The first kappa shape index (κ1) is 20.4. The van der Waals surface area contributed by atoms with Crippen molar-refractivity contribution in [1.82, 2.24) is 9.80 Å². The van der Waals surface area contributed by atoms with E-state index in [9.17, 15) is 14.4 Å². The third-order valence-corrected chi connectivity index (χ3v) is 4.83. The molecule has 3 amide bonds. The summed E-state index contributed by atoms with van der Waals surface area (Å²) in [5, 5.41) is 2.83. The average molecular weight is 395 g/mol. The van der Waals surface area contributed by atoms with Crippen LogP contribution < -0.4 is 10.1 Å². The molecular formula is C22H25N3O4. The third-order valence-electron chi connectivity index (χ3n) is 4.83. The molecule has 1 fully saturated rings. The van der Waals surface area contributed by atoms with E-state index in [1.165, 1.54) is 6.92 Å². The predicted molar refractivity (Wildman–Crippen MR) is 110 cm³/mol. The Morgan fingerprint density at radius 3 is 1.97 bits per heavy atom. The van der Waals surface area contributed by atoms with E-state index in [1.54, 1.807) is 58.3 Å².